The summed E-state index contributed by atoms with van der Waals surface area (Å²) < 4.78 is 5.47. The number of benzene rings is 1. The summed E-state index contributed by atoms with van der Waals surface area (Å²) in [4.78, 5) is 11.8. The van der Waals surface area contributed by atoms with Crippen molar-refractivity contribution < 1.29 is 14.6 Å². The summed E-state index contributed by atoms with van der Waals surface area (Å²) in [7, 11) is 0. The first kappa shape index (κ1) is 12.8. The predicted molar refractivity (Wildman–Crippen MR) is 65.4 cm³/mol. The molecule has 0 amide bonds. The number of halogens is 1. The number of ether oxygens (including phenoxy) is 1. The van der Waals surface area contributed by atoms with Gasteiger partial charge in [0, 0.05) is 11.8 Å². The molecule has 0 bridgehead atoms. The maximum absolute atomic E-state index is 11.8. The summed E-state index contributed by atoms with van der Waals surface area (Å²) in [6.07, 6.45) is 0. The minimum Gasteiger partial charge on any atom is -0.507 e. The fourth-order valence-corrected chi connectivity index (χ4v) is 1.50. The van der Waals surface area contributed by atoms with Gasteiger partial charge in [-0.3, -0.25) is 0 Å². The second kappa shape index (κ2) is 4.33. The van der Waals surface area contributed by atoms with Crippen LogP contribution in [-0.4, -0.2) is 16.7 Å². The quantitative estimate of drug-likeness (QED) is 0.615. The number of hydrogen-bond donors (Lipinski definition) is 2. The highest BCUT2D eigenvalue weighted by Gasteiger charge is 2.21. The lowest BCUT2D eigenvalue weighted by atomic mass is 10.1. The normalized spacial score (nSPS) is 11.2. The van der Waals surface area contributed by atoms with E-state index in [2.05, 4.69) is 15.9 Å². The number of hydrogen-bond acceptors (Lipinski definition) is 4. The van der Waals surface area contributed by atoms with Gasteiger partial charge in [-0.1, -0.05) is 0 Å². The van der Waals surface area contributed by atoms with Gasteiger partial charge in [0.25, 0.3) is 0 Å². The van der Waals surface area contributed by atoms with Crippen LogP contribution in [0.5, 0.6) is 5.75 Å². The zero-order valence-electron chi connectivity index (χ0n) is 9.37. The van der Waals surface area contributed by atoms with E-state index < -0.39 is 11.6 Å². The third-order valence-electron chi connectivity index (χ3n) is 1.69. The smallest absolute Gasteiger partial charge is 0.340 e. The van der Waals surface area contributed by atoms with Gasteiger partial charge in [0.05, 0.1) is 10.0 Å². The average Bonchev–Trinajstić information content (AvgIpc) is 2.08. The number of phenolic OH excluding ortho intramolecular Hbond substituents is 1. The molecule has 16 heavy (non-hydrogen) atoms. The maximum Gasteiger partial charge on any atom is 0.340 e. The fraction of sp³-hybridized carbons (Fsp3) is 0.364. The molecule has 0 fully saturated rings. The first-order chi connectivity index (χ1) is 7.20. The number of anilines is 1. The molecule has 0 aliphatic carbocycles. The van der Waals surface area contributed by atoms with Crippen LogP contribution in [0.15, 0.2) is 16.6 Å². The van der Waals surface area contributed by atoms with E-state index in [0.717, 1.165) is 0 Å². The highest BCUT2D eigenvalue weighted by atomic mass is 79.9. The third-order valence-corrected chi connectivity index (χ3v) is 2.53. The van der Waals surface area contributed by atoms with Gasteiger partial charge >= 0.3 is 5.97 Å². The monoisotopic (exact) mass is 287 g/mol. The van der Waals surface area contributed by atoms with Gasteiger partial charge in [0.1, 0.15) is 11.4 Å². The highest BCUT2D eigenvalue weighted by molar-refractivity contribution is 9.10. The summed E-state index contributed by atoms with van der Waals surface area (Å²) in [5, 5.41) is 9.49. The van der Waals surface area contributed by atoms with Gasteiger partial charge in [-0.25, -0.2) is 4.79 Å². The Labute approximate surface area is 103 Å². The molecular formula is C11H14BrNO3. The maximum atomic E-state index is 11.8. The molecule has 88 valence electrons. The summed E-state index contributed by atoms with van der Waals surface area (Å²) in [6.45, 7) is 5.31. The van der Waals surface area contributed by atoms with E-state index in [1.54, 1.807) is 20.8 Å². The Bertz CT molecular complexity index is 424. The lowest BCUT2D eigenvalue weighted by molar-refractivity contribution is 0.00680. The average molecular weight is 288 g/mol. The zero-order chi connectivity index (χ0) is 12.5. The molecule has 0 aliphatic heterocycles. The van der Waals surface area contributed by atoms with Crippen LogP contribution in [0.1, 0.15) is 31.1 Å². The fourth-order valence-electron chi connectivity index (χ4n) is 1.11. The van der Waals surface area contributed by atoms with Gasteiger partial charge in [-0.2, -0.15) is 0 Å². The van der Waals surface area contributed by atoms with Crippen molar-refractivity contribution in [2.45, 2.75) is 26.4 Å². The molecule has 5 heteroatoms. The van der Waals surface area contributed by atoms with Crippen LogP contribution in [0.4, 0.5) is 5.69 Å². The molecule has 0 saturated heterocycles. The molecule has 0 spiro atoms. The molecule has 4 nitrogen and oxygen atoms in total. The Hall–Kier alpha value is -1.23. The lowest BCUT2D eigenvalue weighted by Gasteiger charge is -2.20. The summed E-state index contributed by atoms with van der Waals surface area (Å²) in [6, 6.07) is 2.82. The Kier molecular flexibility index (Phi) is 3.48. The molecule has 0 radical (unpaired) electrons. The van der Waals surface area contributed by atoms with Gasteiger partial charge in [-0.15, -0.1) is 0 Å². The minimum atomic E-state index is -0.587. The Morgan fingerprint density at radius 3 is 2.50 bits per heavy atom. The molecular weight excluding hydrogens is 274 g/mol. The van der Waals surface area contributed by atoms with Gasteiger partial charge in [0.2, 0.25) is 0 Å². The van der Waals surface area contributed by atoms with Crippen LogP contribution in [0.2, 0.25) is 0 Å². The number of aromatic hydroxyl groups is 1. The van der Waals surface area contributed by atoms with Crippen molar-refractivity contribution in [2.75, 3.05) is 5.73 Å². The molecule has 1 rings (SSSR count). The van der Waals surface area contributed by atoms with E-state index in [4.69, 9.17) is 10.5 Å². The largest absolute Gasteiger partial charge is 0.507 e. The third kappa shape index (κ3) is 3.13. The van der Waals surface area contributed by atoms with E-state index >= 15 is 0 Å². The van der Waals surface area contributed by atoms with E-state index in [1.807, 2.05) is 0 Å². The SMILES string of the molecule is CC(C)(C)OC(=O)c1cc(N)cc(O)c1Br. The Morgan fingerprint density at radius 1 is 1.44 bits per heavy atom. The van der Waals surface area contributed by atoms with Gasteiger partial charge in [-0.05, 0) is 42.8 Å². The van der Waals surface area contributed by atoms with Crippen molar-refractivity contribution in [3.8, 4) is 5.75 Å². The number of nitrogens with two attached hydrogens (primary N) is 1. The zero-order valence-corrected chi connectivity index (χ0v) is 11.0. The van der Waals surface area contributed by atoms with Crippen LogP contribution in [0, 0.1) is 0 Å². The topological polar surface area (TPSA) is 72.5 Å². The number of carbonyl (C=O) groups is 1. The molecule has 0 aliphatic rings. The molecule has 1 aromatic carbocycles. The summed E-state index contributed by atoms with van der Waals surface area (Å²) in [5.41, 5.74) is 5.48. The van der Waals surface area contributed by atoms with Crippen molar-refractivity contribution in [2.24, 2.45) is 0 Å². The number of nitrogen functional groups attached to an aromatic ring is 1. The van der Waals surface area contributed by atoms with E-state index in [0.29, 0.717) is 5.69 Å². The van der Waals surface area contributed by atoms with Crippen molar-refractivity contribution in [1.29, 1.82) is 0 Å². The van der Waals surface area contributed by atoms with Crippen LogP contribution in [0.3, 0.4) is 0 Å². The second-order valence-electron chi connectivity index (χ2n) is 4.40. The summed E-state index contributed by atoms with van der Waals surface area (Å²) >= 11 is 3.12. The molecule has 0 atom stereocenters. The van der Waals surface area contributed by atoms with Crippen molar-refractivity contribution in [3.63, 3.8) is 0 Å². The van der Waals surface area contributed by atoms with Crippen LogP contribution in [-0.2, 0) is 4.74 Å². The summed E-state index contributed by atoms with van der Waals surface area (Å²) in [5.74, 6) is -0.608. The minimum absolute atomic E-state index is 0.0825. The molecule has 0 saturated carbocycles. The molecule has 3 N–H and O–H groups in total. The van der Waals surface area contributed by atoms with E-state index in [1.165, 1.54) is 12.1 Å². The number of carbonyl (C=O) groups excluding carboxylic acids is 1. The number of phenols is 1. The van der Waals surface area contributed by atoms with Crippen LogP contribution in [0.25, 0.3) is 0 Å². The van der Waals surface area contributed by atoms with Gasteiger partial charge in [0.15, 0.2) is 0 Å². The van der Waals surface area contributed by atoms with Crippen LogP contribution < -0.4 is 5.73 Å². The first-order valence-electron chi connectivity index (χ1n) is 4.72. The Morgan fingerprint density at radius 2 is 2.00 bits per heavy atom. The molecule has 0 heterocycles. The number of esters is 1. The van der Waals surface area contributed by atoms with Crippen molar-refractivity contribution >= 4 is 27.6 Å². The first-order valence-corrected chi connectivity index (χ1v) is 5.51. The number of rotatable bonds is 1. The van der Waals surface area contributed by atoms with E-state index in [-0.39, 0.29) is 15.8 Å². The van der Waals surface area contributed by atoms with Crippen molar-refractivity contribution in [1.82, 2.24) is 0 Å². The van der Waals surface area contributed by atoms with Crippen LogP contribution >= 0.6 is 15.9 Å². The molecule has 0 aromatic heterocycles. The lowest BCUT2D eigenvalue weighted by Crippen LogP contribution is -2.24. The van der Waals surface area contributed by atoms with E-state index in [9.17, 15) is 9.90 Å². The molecule has 0 unspecified atom stereocenters. The highest BCUT2D eigenvalue weighted by Crippen LogP contribution is 2.31. The second-order valence-corrected chi connectivity index (χ2v) is 5.20. The molecule has 1 aromatic rings. The predicted octanol–water partition coefficient (Wildman–Crippen LogP) is 2.69. The Balaban J connectivity index is 3.09. The van der Waals surface area contributed by atoms with Gasteiger partial charge < -0.3 is 15.6 Å². The standard InChI is InChI=1S/C11H14BrNO3/c1-11(2,3)16-10(15)7-4-6(13)5-8(14)9(7)12/h4-5,14H,13H2,1-3H3. The van der Waals surface area contributed by atoms with Crippen molar-refractivity contribution in [3.05, 3.63) is 22.2 Å².